The minimum atomic E-state index is 0.0265. The second kappa shape index (κ2) is 4.59. The van der Waals surface area contributed by atoms with Gasteiger partial charge in [-0.05, 0) is 19.1 Å². The molecule has 0 bridgehead atoms. The van der Waals surface area contributed by atoms with Gasteiger partial charge in [-0.2, -0.15) is 0 Å². The first kappa shape index (κ1) is 10.4. The topological polar surface area (TPSA) is 30.0 Å². The smallest absolute Gasteiger partial charge is 0.176 e. The number of benzene rings is 1. The van der Waals surface area contributed by atoms with Crippen molar-refractivity contribution in [3.05, 3.63) is 42.1 Å². The van der Waals surface area contributed by atoms with E-state index >= 15 is 0 Å². The van der Waals surface area contributed by atoms with Crippen LogP contribution in [0.2, 0.25) is 0 Å². The molecule has 0 aliphatic heterocycles. The molecule has 2 rings (SSSR count). The summed E-state index contributed by atoms with van der Waals surface area (Å²) in [5.41, 5.74) is 1.41. The van der Waals surface area contributed by atoms with E-state index in [0.717, 1.165) is 10.9 Å². The Balaban J connectivity index is 2.50. The summed E-state index contributed by atoms with van der Waals surface area (Å²) in [5, 5.41) is 0.984. The fourth-order valence-electron chi connectivity index (χ4n) is 1.59. The van der Waals surface area contributed by atoms with Crippen LogP contribution >= 0.6 is 0 Å². The number of aromatic nitrogens is 1. The van der Waals surface area contributed by atoms with Crippen molar-refractivity contribution < 1.29 is 4.79 Å². The van der Waals surface area contributed by atoms with Crippen molar-refractivity contribution in [2.24, 2.45) is 0 Å². The molecule has 0 saturated heterocycles. The van der Waals surface area contributed by atoms with Gasteiger partial charge >= 0.3 is 0 Å². The van der Waals surface area contributed by atoms with E-state index in [2.05, 4.69) is 16.8 Å². The number of Topliss-reactive ketones (excluding diaryl/α,β-unsaturated/α-hetero) is 1. The predicted molar refractivity (Wildman–Crippen MR) is 64.1 cm³/mol. The zero-order chi connectivity index (χ0) is 11.4. The molecule has 0 spiro atoms. The van der Waals surface area contributed by atoms with Crippen molar-refractivity contribution in [1.29, 1.82) is 0 Å². The molecule has 2 aromatic rings. The van der Waals surface area contributed by atoms with Crippen molar-refractivity contribution in [2.75, 3.05) is 0 Å². The molecular weight excluding hydrogens is 198 g/mol. The summed E-state index contributed by atoms with van der Waals surface area (Å²) in [6.07, 6.45) is 1.96. The minimum absolute atomic E-state index is 0.0265. The molecule has 0 aliphatic carbocycles. The van der Waals surface area contributed by atoms with Crippen molar-refractivity contribution in [2.45, 2.75) is 13.3 Å². The third kappa shape index (κ3) is 1.94. The molecule has 0 unspecified atom stereocenters. The van der Waals surface area contributed by atoms with Gasteiger partial charge in [0, 0.05) is 17.1 Å². The Kier molecular flexibility index (Phi) is 2.98. The third-order valence-corrected chi connectivity index (χ3v) is 2.36. The highest BCUT2D eigenvalue weighted by molar-refractivity contribution is 6.07. The summed E-state index contributed by atoms with van der Waals surface area (Å²) in [6.45, 7) is 1.73. The molecule has 16 heavy (non-hydrogen) atoms. The maximum absolute atomic E-state index is 11.9. The van der Waals surface area contributed by atoms with Crippen molar-refractivity contribution in [1.82, 2.24) is 4.98 Å². The van der Waals surface area contributed by atoms with Gasteiger partial charge in [0.1, 0.15) is 0 Å². The van der Waals surface area contributed by atoms with Crippen LogP contribution in [0.15, 0.2) is 36.5 Å². The number of pyridine rings is 1. The zero-order valence-corrected chi connectivity index (χ0v) is 9.03. The molecule has 0 amide bonds. The second-order valence-electron chi connectivity index (χ2n) is 3.41. The summed E-state index contributed by atoms with van der Waals surface area (Å²) in [6, 6.07) is 9.43. The van der Waals surface area contributed by atoms with E-state index in [1.54, 1.807) is 19.2 Å². The lowest BCUT2D eigenvalue weighted by atomic mass is 10.0. The molecule has 0 N–H and O–H groups in total. The summed E-state index contributed by atoms with van der Waals surface area (Å²) in [7, 11) is 0. The van der Waals surface area contributed by atoms with Gasteiger partial charge in [0.15, 0.2) is 5.78 Å². The molecule has 0 atom stereocenters. The number of hydrogen-bond acceptors (Lipinski definition) is 2. The normalized spacial score (nSPS) is 9.56. The highest BCUT2D eigenvalue weighted by Crippen LogP contribution is 2.17. The van der Waals surface area contributed by atoms with Gasteiger partial charge in [-0.3, -0.25) is 9.78 Å². The van der Waals surface area contributed by atoms with Gasteiger partial charge in [0.25, 0.3) is 0 Å². The minimum Gasteiger partial charge on any atom is -0.293 e. The molecule has 0 aliphatic rings. The van der Waals surface area contributed by atoms with E-state index in [1.165, 1.54) is 0 Å². The molecule has 1 aromatic carbocycles. The van der Waals surface area contributed by atoms with Crippen molar-refractivity contribution in [3.8, 4) is 11.8 Å². The lowest BCUT2D eigenvalue weighted by Crippen LogP contribution is -1.99. The van der Waals surface area contributed by atoms with Crippen molar-refractivity contribution in [3.63, 3.8) is 0 Å². The maximum atomic E-state index is 11.9. The molecule has 0 saturated carbocycles. The van der Waals surface area contributed by atoms with Crippen molar-refractivity contribution >= 4 is 16.7 Å². The fraction of sp³-hybridized carbons (Fsp3) is 0.143. The number of rotatable bonds is 2. The first-order valence-corrected chi connectivity index (χ1v) is 5.09. The van der Waals surface area contributed by atoms with E-state index in [-0.39, 0.29) is 12.2 Å². The number of fused-ring (bicyclic) bond motifs is 1. The van der Waals surface area contributed by atoms with Crippen LogP contribution in [0.25, 0.3) is 10.9 Å². The third-order valence-electron chi connectivity index (χ3n) is 2.36. The Bertz CT molecular complexity index is 585. The van der Waals surface area contributed by atoms with E-state index in [0.29, 0.717) is 5.56 Å². The highest BCUT2D eigenvalue weighted by Gasteiger charge is 2.08. The number of para-hydroxylation sites is 1. The Morgan fingerprint density at radius 2 is 2.12 bits per heavy atom. The highest BCUT2D eigenvalue weighted by atomic mass is 16.1. The first-order chi connectivity index (χ1) is 7.83. The van der Waals surface area contributed by atoms with E-state index in [9.17, 15) is 4.79 Å². The van der Waals surface area contributed by atoms with Gasteiger partial charge in [0.2, 0.25) is 0 Å². The standard InChI is InChI=1S/C14H11NO/c1-2-3-9-13(16)12-8-4-6-11-7-5-10-15-14(11)12/h4-8,10H,9H2,1H3. The Hall–Kier alpha value is -2.14. The van der Waals surface area contributed by atoms with E-state index < -0.39 is 0 Å². The van der Waals surface area contributed by atoms with Gasteiger partial charge in [0.05, 0.1) is 11.9 Å². The van der Waals surface area contributed by atoms with Crippen LogP contribution in [0, 0.1) is 11.8 Å². The van der Waals surface area contributed by atoms with Gasteiger partial charge in [-0.25, -0.2) is 0 Å². The van der Waals surface area contributed by atoms with Crippen LogP contribution in [-0.2, 0) is 0 Å². The van der Waals surface area contributed by atoms with Crippen LogP contribution in [0.5, 0.6) is 0 Å². The summed E-state index contributed by atoms with van der Waals surface area (Å²) >= 11 is 0. The number of nitrogens with zero attached hydrogens (tertiary/aromatic N) is 1. The molecule has 1 heterocycles. The van der Waals surface area contributed by atoms with Gasteiger partial charge in [-0.1, -0.05) is 24.1 Å². The van der Waals surface area contributed by atoms with E-state index in [4.69, 9.17) is 0 Å². The Morgan fingerprint density at radius 3 is 2.94 bits per heavy atom. The SMILES string of the molecule is CC#CCC(=O)c1cccc2cccnc12. The number of ketones is 1. The largest absolute Gasteiger partial charge is 0.293 e. The van der Waals surface area contributed by atoms with Crippen LogP contribution < -0.4 is 0 Å². The quantitative estimate of drug-likeness (QED) is 0.562. The predicted octanol–water partition coefficient (Wildman–Crippen LogP) is 2.83. The monoisotopic (exact) mass is 209 g/mol. The van der Waals surface area contributed by atoms with Crippen LogP contribution in [0.4, 0.5) is 0 Å². The average molecular weight is 209 g/mol. The number of carbonyl (C=O) groups excluding carboxylic acids is 1. The lowest BCUT2D eigenvalue weighted by Gasteiger charge is -2.02. The molecule has 2 nitrogen and oxygen atoms in total. The lowest BCUT2D eigenvalue weighted by molar-refractivity contribution is 0.0999. The van der Waals surface area contributed by atoms with Crippen LogP contribution in [-0.4, -0.2) is 10.8 Å². The van der Waals surface area contributed by atoms with Gasteiger partial charge in [-0.15, -0.1) is 5.92 Å². The van der Waals surface area contributed by atoms with Crippen LogP contribution in [0.1, 0.15) is 23.7 Å². The van der Waals surface area contributed by atoms with Gasteiger partial charge < -0.3 is 0 Å². The van der Waals surface area contributed by atoms with E-state index in [1.807, 2.05) is 24.3 Å². The average Bonchev–Trinajstić information content (AvgIpc) is 2.35. The Morgan fingerprint density at radius 1 is 1.31 bits per heavy atom. The number of carbonyl (C=O) groups is 1. The first-order valence-electron chi connectivity index (χ1n) is 5.09. The molecule has 0 fully saturated rings. The molecule has 2 heteroatoms. The maximum Gasteiger partial charge on any atom is 0.176 e. The summed E-state index contributed by atoms with van der Waals surface area (Å²) < 4.78 is 0. The Labute approximate surface area is 94.3 Å². The number of hydrogen-bond donors (Lipinski definition) is 0. The summed E-state index contributed by atoms with van der Waals surface area (Å²) in [5.74, 6) is 5.54. The molecule has 0 radical (unpaired) electrons. The summed E-state index contributed by atoms with van der Waals surface area (Å²) in [4.78, 5) is 16.1. The van der Waals surface area contributed by atoms with Crippen LogP contribution in [0.3, 0.4) is 0 Å². The zero-order valence-electron chi connectivity index (χ0n) is 9.03. The second-order valence-corrected chi connectivity index (χ2v) is 3.41. The molecular formula is C14H11NO. The molecule has 1 aromatic heterocycles. The fourth-order valence-corrected chi connectivity index (χ4v) is 1.59. The molecule has 78 valence electrons.